The number of ketones is 2. The normalized spacial score (nSPS) is 30.7. The predicted molar refractivity (Wildman–Crippen MR) is 180 cm³/mol. The number of methoxy groups -OCH3 is 2. The monoisotopic (exact) mass is 661 g/mol. The lowest BCUT2D eigenvalue weighted by atomic mass is 9.85. The Labute approximate surface area is 281 Å². The molecule has 2 amide bonds. The van der Waals surface area contributed by atoms with E-state index < -0.39 is 53.9 Å². The molecule has 5 N–H and O–H groups in total. The second-order valence-electron chi connectivity index (χ2n) is 12.9. The van der Waals surface area contributed by atoms with Crippen LogP contribution in [0.2, 0.25) is 0 Å². The average Bonchev–Trinajstić information content (AvgIpc) is 3.46. The number of benzene rings is 1. The Morgan fingerprint density at radius 1 is 1.02 bits per heavy atom. The van der Waals surface area contributed by atoms with Gasteiger partial charge in [-0.15, -0.1) is 0 Å². The summed E-state index contributed by atoms with van der Waals surface area (Å²) in [6.07, 6.45) is 5.35. The van der Waals surface area contributed by atoms with Crippen molar-refractivity contribution in [3.8, 4) is 0 Å². The van der Waals surface area contributed by atoms with Crippen molar-refractivity contribution >= 4 is 23.6 Å². The number of nitrogens with one attached hydrogen (secondary N) is 2. The molecule has 1 aromatic carbocycles. The third kappa shape index (κ3) is 8.77. The fourth-order valence-electron chi connectivity index (χ4n) is 6.61. The van der Waals surface area contributed by atoms with Crippen LogP contribution in [0, 0.1) is 11.8 Å². The number of hydrogen-bond donors (Lipinski definition) is 4. The van der Waals surface area contributed by atoms with E-state index in [0.717, 1.165) is 0 Å². The van der Waals surface area contributed by atoms with Crippen LogP contribution >= 0.6 is 0 Å². The highest BCUT2D eigenvalue weighted by Gasteiger charge is 2.35. The van der Waals surface area contributed by atoms with Crippen LogP contribution in [0.1, 0.15) is 51.7 Å². The van der Waals surface area contributed by atoms with Crippen molar-refractivity contribution in [2.75, 3.05) is 14.2 Å². The number of fused-ring (bicyclic) bond motifs is 3. The summed E-state index contributed by atoms with van der Waals surface area (Å²) < 4.78 is 16.7. The van der Waals surface area contributed by atoms with Gasteiger partial charge in [-0.05, 0) is 62.1 Å². The summed E-state index contributed by atoms with van der Waals surface area (Å²) in [5.74, 6) is -2.05. The van der Waals surface area contributed by atoms with Crippen LogP contribution in [0.4, 0.5) is 4.79 Å². The minimum Gasteiger partial charge on any atom is -0.439 e. The molecule has 6 atom stereocenters. The van der Waals surface area contributed by atoms with E-state index >= 15 is 0 Å². The first kappa shape index (κ1) is 36.5. The molecular weight excluding hydrogens is 614 g/mol. The van der Waals surface area contributed by atoms with Crippen molar-refractivity contribution in [3.05, 3.63) is 93.9 Å². The molecule has 2 aliphatic carbocycles. The summed E-state index contributed by atoms with van der Waals surface area (Å²) in [5.41, 5.74) is 9.03. The van der Waals surface area contributed by atoms with E-state index in [0.29, 0.717) is 24.8 Å². The van der Waals surface area contributed by atoms with Crippen molar-refractivity contribution < 1.29 is 38.5 Å². The molecule has 1 aromatic rings. The van der Waals surface area contributed by atoms with Gasteiger partial charge in [0.25, 0.3) is 5.91 Å². The van der Waals surface area contributed by atoms with E-state index in [1.165, 1.54) is 37.5 Å². The number of nitrogens with two attached hydrogens (primary N) is 1. The number of ether oxygens (including phenoxy) is 3. The third-order valence-electron chi connectivity index (χ3n) is 9.19. The summed E-state index contributed by atoms with van der Waals surface area (Å²) >= 11 is 0. The van der Waals surface area contributed by atoms with E-state index in [1.807, 2.05) is 26.0 Å². The fourth-order valence-corrected chi connectivity index (χ4v) is 6.61. The molecule has 0 radical (unpaired) electrons. The number of rotatable bonds is 5. The molecule has 0 saturated carbocycles. The second-order valence-corrected chi connectivity index (χ2v) is 12.9. The van der Waals surface area contributed by atoms with Gasteiger partial charge in [0.1, 0.15) is 6.10 Å². The summed E-state index contributed by atoms with van der Waals surface area (Å²) in [5, 5.41) is 17.4. The van der Waals surface area contributed by atoms with Gasteiger partial charge in [-0.25, -0.2) is 4.79 Å². The van der Waals surface area contributed by atoms with Gasteiger partial charge in [-0.1, -0.05) is 62.4 Å². The lowest BCUT2D eigenvalue weighted by molar-refractivity contribution is -0.120. The lowest BCUT2D eigenvalue weighted by Crippen LogP contribution is -2.40. The number of carbonyl (C=O) groups is 4. The molecule has 0 saturated heterocycles. The average molecular weight is 662 g/mol. The largest absolute Gasteiger partial charge is 0.439 e. The van der Waals surface area contributed by atoms with Crippen LogP contribution in [0.5, 0.6) is 0 Å². The highest BCUT2D eigenvalue weighted by Crippen LogP contribution is 2.30. The first-order chi connectivity index (χ1) is 22.8. The molecule has 4 rings (SSSR count). The van der Waals surface area contributed by atoms with E-state index in [2.05, 4.69) is 22.8 Å². The Bertz CT molecular complexity index is 1550. The molecular formula is C37H47N3O8. The number of carbonyl (C=O) groups excluding carboxylic acids is 4. The van der Waals surface area contributed by atoms with Gasteiger partial charge in [0.15, 0.2) is 6.10 Å². The van der Waals surface area contributed by atoms with Gasteiger partial charge in [0.2, 0.25) is 11.6 Å². The quantitative estimate of drug-likeness (QED) is 0.273. The van der Waals surface area contributed by atoms with E-state index in [1.54, 1.807) is 32.1 Å². The number of hydrogen-bond acceptors (Lipinski definition) is 9. The molecule has 11 nitrogen and oxygen atoms in total. The van der Waals surface area contributed by atoms with Crippen molar-refractivity contribution in [1.29, 1.82) is 0 Å². The molecule has 0 aromatic heterocycles. The number of aliphatic hydroxyl groups excluding tert-OH is 1. The minimum absolute atomic E-state index is 0.0711. The highest BCUT2D eigenvalue weighted by atomic mass is 16.6. The molecule has 2 bridgehead atoms. The SMILES string of the molecule is CO[C@H]1/C=C\C=C(/C)C(=O)NC2=CC(=O)C(NC3Cc4ccccc4C3)=C(C[C@@H](C)C[C@H](OC)[C@H](O)[C@@H](C)/C=C(\C)[C@@H]1OC(N)=O)C2=O. The van der Waals surface area contributed by atoms with Crippen LogP contribution in [0.25, 0.3) is 0 Å². The van der Waals surface area contributed by atoms with E-state index in [4.69, 9.17) is 19.9 Å². The van der Waals surface area contributed by atoms with Gasteiger partial charge in [-0.3, -0.25) is 14.4 Å². The van der Waals surface area contributed by atoms with Gasteiger partial charge < -0.3 is 35.7 Å². The Morgan fingerprint density at radius 3 is 2.29 bits per heavy atom. The molecule has 0 fully saturated rings. The summed E-state index contributed by atoms with van der Waals surface area (Å²) in [4.78, 5) is 52.7. The maximum Gasteiger partial charge on any atom is 0.405 e. The van der Waals surface area contributed by atoms with Gasteiger partial charge in [-0.2, -0.15) is 0 Å². The van der Waals surface area contributed by atoms with E-state index in [9.17, 15) is 24.3 Å². The molecule has 11 heteroatoms. The Kier molecular flexibility index (Phi) is 12.3. The zero-order valence-electron chi connectivity index (χ0n) is 28.4. The maximum absolute atomic E-state index is 14.0. The lowest BCUT2D eigenvalue weighted by Gasteiger charge is -2.30. The Hall–Kier alpha value is -4.32. The zero-order valence-corrected chi connectivity index (χ0v) is 28.4. The van der Waals surface area contributed by atoms with Gasteiger partial charge in [0.05, 0.1) is 23.6 Å². The number of Topliss-reactive ketones (excluding diaryl/α,β-unsaturated/α-hetero) is 1. The van der Waals surface area contributed by atoms with Crippen molar-refractivity contribution in [2.24, 2.45) is 17.6 Å². The standard InChI is InChI=1S/C37H47N3O8/c1-20-14-27-32(39-26-17-24-11-7-8-12-25(24)18-26)29(41)19-28(34(27)43)40-36(44)21(2)10-9-13-30(46-5)35(48-37(38)45)23(4)16-22(3)33(42)31(15-20)47-6/h7-13,16,19-20,22,26,30-31,33,35,39,42H,14-15,17-18H2,1-6H3,(H2,38,45)(H,40,44)/b13-9-,21-10+,23-16+/t20-,22+,30+,31+,33-,35+/m1/s1. The fraction of sp³-hybridized carbons (Fsp3) is 0.459. The number of allylic oxidation sites excluding steroid dienone is 4. The van der Waals surface area contributed by atoms with Crippen LogP contribution in [-0.4, -0.2) is 73.4 Å². The Morgan fingerprint density at radius 2 is 1.69 bits per heavy atom. The van der Waals surface area contributed by atoms with Crippen LogP contribution in [0.3, 0.4) is 0 Å². The molecule has 258 valence electrons. The van der Waals surface area contributed by atoms with Crippen molar-refractivity contribution in [3.63, 3.8) is 0 Å². The molecule has 0 unspecified atom stereocenters. The molecule has 3 aliphatic rings. The number of primary amides is 1. The minimum atomic E-state index is -0.997. The molecule has 48 heavy (non-hydrogen) atoms. The maximum atomic E-state index is 14.0. The van der Waals surface area contributed by atoms with E-state index in [-0.39, 0.29) is 40.9 Å². The molecule has 1 heterocycles. The molecule has 1 aliphatic heterocycles. The first-order valence-electron chi connectivity index (χ1n) is 16.2. The van der Waals surface area contributed by atoms with Gasteiger partial charge in [0, 0.05) is 43.4 Å². The number of aliphatic hydroxyl groups is 1. The van der Waals surface area contributed by atoms with Crippen molar-refractivity contribution in [2.45, 2.75) is 83.8 Å². The van der Waals surface area contributed by atoms with Crippen LogP contribution in [0.15, 0.2) is 82.8 Å². The predicted octanol–water partition coefficient (Wildman–Crippen LogP) is 3.52. The number of amides is 2. The summed E-state index contributed by atoms with van der Waals surface area (Å²) in [6.45, 7) is 7.06. The summed E-state index contributed by atoms with van der Waals surface area (Å²) in [6, 6.07) is 8.03. The summed E-state index contributed by atoms with van der Waals surface area (Å²) in [7, 11) is 2.95. The first-order valence-corrected chi connectivity index (χ1v) is 16.2. The second kappa shape index (κ2) is 16.2. The molecule has 0 spiro atoms. The van der Waals surface area contributed by atoms with Crippen molar-refractivity contribution in [1.82, 2.24) is 10.6 Å². The Balaban J connectivity index is 1.72. The third-order valence-corrected chi connectivity index (χ3v) is 9.19. The topological polar surface area (TPSA) is 166 Å². The highest BCUT2D eigenvalue weighted by molar-refractivity contribution is 6.23. The van der Waals surface area contributed by atoms with Gasteiger partial charge >= 0.3 is 6.09 Å². The zero-order chi connectivity index (χ0) is 35.1. The van der Waals surface area contributed by atoms with Crippen LogP contribution in [-0.2, 0) is 41.4 Å². The smallest absolute Gasteiger partial charge is 0.405 e. The van der Waals surface area contributed by atoms with Crippen LogP contribution < -0.4 is 16.4 Å².